The molecular formula is C16H26N4O3. The van der Waals surface area contributed by atoms with Crippen LogP contribution in [0.5, 0.6) is 0 Å². The van der Waals surface area contributed by atoms with Gasteiger partial charge >= 0.3 is 6.09 Å². The molecule has 2 amide bonds. The number of likely N-dealkylation sites (tertiary alicyclic amines) is 1. The minimum absolute atomic E-state index is 0.0128. The fourth-order valence-electron chi connectivity index (χ4n) is 2.93. The number of aryl methyl sites for hydroxylation is 2. The zero-order chi connectivity index (χ0) is 17.0. The zero-order valence-corrected chi connectivity index (χ0v) is 14.4. The van der Waals surface area contributed by atoms with Gasteiger partial charge in [-0.05, 0) is 33.6 Å². The van der Waals surface area contributed by atoms with Gasteiger partial charge in [0.2, 0.25) is 5.91 Å². The van der Waals surface area contributed by atoms with Gasteiger partial charge in [-0.3, -0.25) is 9.48 Å². The number of carbonyl (C=O) groups excluding carboxylic acids is 2. The SMILES string of the molecule is CCOC(=O)N1CCC(NC(=O)Cc2c(C)nn(C)c2C)CC1. The third-order valence-electron chi connectivity index (χ3n) is 4.38. The standard InChI is InChI=1S/C16H26N4O3/c1-5-23-16(22)20-8-6-13(7-9-20)17-15(21)10-14-11(2)18-19(4)12(14)3/h13H,5-10H2,1-4H3,(H,17,21). The van der Waals surface area contributed by atoms with Crippen LogP contribution >= 0.6 is 0 Å². The van der Waals surface area contributed by atoms with Gasteiger partial charge in [0.1, 0.15) is 0 Å². The van der Waals surface area contributed by atoms with E-state index in [1.54, 1.807) is 16.5 Å². The van der Waals surface area contributed by atoms with E-state index >= 15 is 0 Å². The van der Waals surface area contributed by atoms with Gasteiger partial charge in [-0.1, -0.05) is 0 Å². The van der Waals surface area contributed by atoms with Crippen molar-refractivity contribution in [2.45, 2.75) is 46.1 Å². The normalized spacial score (nSPS) is 15.6. The Hall–Kier alpha value is -2.05. The molecule has 1 saturated heterocycles. The second-order valence-corrected chi connectivity index (χ2v) is 5.98. The van der Waals surface area contributed by atoms with Crippen LogP contribution in [0.3, 0.4) is 0 Å². The molecule has 0 aliphatic carbocycles. The highest BCUT2D eigenvalue weighted by molar-refractivity contribution is 5.79. The molecule has 1 aliphatic heterocycles. The van der Waals surface area contributed by atoms with Crippen LogP contribution in [-0.4, -0.2) is 52.4 Å². The lowest BCUT2D eigenvalue weighted by Gasteiger charge is -2.31. The molecule has 2 heterocycles. The number of piperidine rings is 1. The van der Waals surface area contributed by atoms with Gasteiger partial charge in [0.05, 0.1) is 18.7 Å². The monoisotopic (exact) mass is 322 g/mol. The summed E-state index contributed by atoms with van der Waals surface area (Å²) >= 11 is 0. The highest BCUT2D eigenvalue weighted by atomic mass is 16.6. The summed E-state index contributed by atoms with van der Waals surface area (Å²) in [5.41, 5.74) is 2.92. The molecule has 1 aliphatic rings. The van der Waals surface area contributed by atoms with Crippen molar-refractivity contribution in [1.82, 2.24) is 20.0 Å². The Labute approximate surface area is 137 Å². The van der Waals surface area contributed by atoms with Gasteiger partial charge in [0, 0.05) is 37.4 Å². The van der Waals surface area contributed by atoms with E-state index in [9.17, 15) is 9.59 Å². The highest BCUT2D eigenvalue weighted by Gasteiger charge is 2.25. The van der Waals surface area contributed by atoms with Crippen molar-refractivity contribution in [3.8, 4) is 0 Å². The molecule has 0 radical (unpaired) electrons. The molecule has 1 N–H and O–H groups in total. The smallest absolute Gasteiger partial charge is 0.409 e. The van der Waals surface area contributed by atoms with E-state index in [-0.39, 0.29) is 18.0 Å². The third kappa shape index (κ3) is 4.24. The fourth-order valence-corrected chi connectivity index (χ4v) is 2.93. The van der Waals surface area contributed by atoms with E-state index in [0.29, 0.717) is 26.1 Å². The van der Waals surface area contributed by atoms with Gasteiger partial charge in [-0.25, -0.2) is 4.79 Å². The number of rotatable bonds is 4. The lowest BCUT2D eigenvalue weighted by atomic mass is 10.0. The summed E-state index contributed by atoms with van der Waals surface area (Å²) in [5.74, 6) is 0.0128. The number of hydrogen-bond acceptors (Lipinski definition) is 4. The van der Waals surface area contributed by atoms with Gasteiger partial charge in [-0.2, -0.15) is 5.10 Å². The second kappa shape index (κ2) is 7.48. The van der Waals surface area contributed by atoms with E-state index in [1.807, 2.05) is 20.9 Å². The number of nitrogens with zero attached hydrogens (tertiary/aromatic N) is 3. The van der Waals surface area contributed by atoms with Crippen LogP contribution in [0.4, 0.5) is 4.79 Å². The van der Waals surface area contributed by atoms with Gasteiger partial charge in [0.25, 0.3) is 0 Å². The van der Waals surface area contributed by atoms with Crippen molar-refractivity contribution >= 4 is 12.0 Å². The van der Waals surface area contributed by atoms with Crippen LogP contribution in [0.15, 0.2) is 0 Å². The lowest BCUT2D eigenvalue weighted by molar-refractivity contribution is -0.121. The highest BCUT2D eigenvalue weighted by Crippen LogP contribution is 2.14. The fraction of sp³-hybridized carbons (Fsp3) is 0.688. The largest absolute Gasteiger partial charge is 0.450 e. The Balaban J connectivity index is 1.82. The first-order valence-electron chi connectivity index (χ1n) is 8.12. The summed E-state index contributed by atoms with van der Waals surface area (Å²) in [6, 6.07) is 0.116. The molecule has 0 saturated carbocycles. The molecule has 1 aromatic heterocycles. The van der Waals surface area contributed by atoms with Crippen LogP contribution in [-0.2, 0) is 23.0 Å². The minimum atomic E-state index is -0.265. The maximum atomic E-state index is 12.3. The summed E-state index contributed by atoms with van der Waals surface area (Å²) in [6.07, 6.45) is 1.60. The summed E-state index contributed by atoms with van der Waals surface area (Å²) in [4.78, 5) is 25.6. The summed E-state index contributed by atoms with van der Waals surface area (Å²) in [7, 11) is 1.88. The number of ether oxygens (including phenoxy) is 1. The van der Waals surface area contributed by atoms with E-state index in [2.05, 4.69) is 10.4 Å². The van der Waals surface area contributed by atoms with E-state index in [0.717, 1.165) is 29.8 Å². The molecule has 23 heavy (non-hydrogen) atoms. The van der Waals surface area contributed by atoms with Crippen LogP contribution in [0.25, 0.3) is 0 Å². The first kappa shape index (κ1) is 17.3. The van der Waals surface area contributed by atoms with Crippen molar-refractivity contribution in [2.24, 2.45) is 7.05 Å². The van der Waals surface area contributed by atoms with E-state index in [1.165, 1.54) is 0 Å². The number of aromatic nitrogens is 2. The number of amides is 2. The Morgan fingerprint density at radius 2 is 1.96 bits per heavy atom. The van der Waals surface area contributed by atoms with Crippen LogP contribution in [0, 0.1) is 13.8 Å². The molecule has 7 nitrogen and oxygen atoms in total. The molecule has 7 heteroatoms. The molecule has 1 fully saturated rings. The van der Waals surface area contributed by atoms with Crippen LogP contribution < -0.4 is 5.32 Å². The summed E-state index contributed by atoms with van der Waals surface area (Å²) in [5, 5.41) is 7.40. The average molecular weight is 322 g/mol. The molecule has 0 aromatic carbocycles. The van der Waals surface area contributed by atoms with Crippen molar-refractivity contribution in [3.05, 3.63) is 17.0 Å². The zero-order valence-electron chi connectivity index (χ0n) is 14.4. The minimum Gasteiger partial charge on any atom is -0.450 e. The second-order valence-electron chi connectivity index (χ2n) is 5.98. The molecule has 1 aromatic rings. The van der Waals surface area contributed by atoms with Crippen molar-refractivity contribution in [1.29, 1.82) is 0 Å². The third-order valence-corrected chi connectivity index (χ3v) is 4.38. The molecule has 128 valence electrons. The molecule has 0 bridgehead atoms. The molecule has 0 spiro atoms. The molecule has 2 rings (SSSR count). The predicted molar refractivity (Wildman–Crippen MR) is 86.1 cm³/mol. The summed E-state index contributed by atoms with van der Waals surface area (Å²) < 4.78 is 6.80. The van der Waals surface area contributed by atoms with E-state index in [4.69, 9.17) is 4.74 Å². The van der Waals surface area contributed by atoms with Gasteiger partial charge in [-0.15, -0.1) is 0 Å². The van der Waals surface area contributed by atoms with Gasteiger partial charge < -0.3 is 15.0 Å². The lowest BCUT2D eigenvalue weighted by Crippen LogP contribution is -2.47. The predicted octanol–water partition coefficient (Wildman–Crippen LogP) is 1.32. The van der Waals surface area contributed by atoms with Crippen LogP contribution in [0.1, 0.15) is 36.7 Å². The Morgan fingerprint density at radius 1 is 1.30 bits per heavy atom. The van der Waals surface area contributed by atoms with E-state index < -0.39 is 0 Å². The van der Waals surface area contributed by atoms with Crippen molar-refractivity contribution < 1.29 is 14.3 Å². The van der Waals surface area contributed by atoms with Crippen molar-refractivity contribution in [2.75, 3.05) is 19.7 Å². The first-order chi connectivity index (χ1) is 10.9. The Morgan fingerprint density at radius 3 is 2.48 bits per heavy atom. The first-order valence-corrected chi connectivity index (χ1v) is 8.12. The Kier molecular flexibility index (Phi) is 5.63. The van der Waals surface area contributed by atoms with Gasteiger partial charge in [0.15, 0.2) is 0 Å². The maximum absolute atomic E-state index is 12.3. The van der Waals surface area contributed by atoms with Crippen molar-refractivity contribution in [3.63, 3.8) is 0 Å². The average Bonchev–Trinajstić information content (AvgIpc) is 2.74. The number of nitrogens with one attached hydrogen (secondary N) is 1. The van der Waals surface area contributed by atoms with Crippen LogP contribution in [0.2, 0.25) is 0 Å². The molecular weight excluding hydrogens is 296 g/mol. The Bertz CT molecular complexity index is 574. The molecule has 0 unspecified atom stereocenters. The topological polar surface area (TPSA) is 76.5 Å². The number of carbonyl (C=O) groups is 2. The summed E-state index contributed by atoms with van der Waals surface area (Å²) in [6.45, 7) is 7.32. The molecule has 0 atom stereocenters. The number of hydrogen-bond donors (Lipinski definition) is 1. The maximum Gasteiger partial charge on any atom is 0.409 e. The quantitative estimate of drug-likeness (QED) is 0.907.